The fourth-order valence-electron chi connectivity index (χ4n) is 3.64. The van der Waals surface area contributed by atoms with Crippen molar-refractivity contribution in [2.24, 2.45) is 11.7 Å². The highest BCUT2D eigenvalue weighted by Crippen LogP contribution is 2.24. The molecule has 0 aliphatic carbocycles. The molecule has 3 N–H and O–H groups in total. The molecule has 164 valence electrons. The van der Waals surface area contributed by atoms with E-state index in [1.165, 1.54) is 15.6 Å². The Morgan fingerprint density at radius 1 is 1.33 bits per heavy atom. The van der Waals surface area contributed by atoms with Crippen LogP contribution in [0, 0.1) is 5.92 Å². The van der Waals surface area contributed by atoms with Crippen molar-refractivity contribution in [3.05, 3.63) is 29.3 Å². The summed E-state index contributed by atoms with van der Waals surface area (Å²) in [4.78, 5) is 30.5. The number of nitrogens with one attached hydrogen (secondary N) is 1. The third-order valence-corrected chi connectivity index (χ3v) is 7.63. The summed E-state index contributed by atoms with van der Waals surface area (Å²) < 4.78 is 26.0. The lowest BCUT2D eigenvalue weighted by atomic mass is 9.97. The molecule has 0 bridgehead atoms. The second kappa shape index (κ2) is 9.95. The van der Waals surface area contributed by atoms with Crippen molar-refractivity contribution in [2.45, 2.75) is 38.1 Å². The molecule has 1 amide bonds. The van der Waals surface area contributed by atoms with Crippen LogP contribution in [0.2, 0.25) is 0 Å². The van der Waals surface area contributed by atoms with E-state index in [9.17, 15) is 18.0 Å². The van der Waals surface area contributed by atoms with E-state index >= 15 is 0 Å². The first kappa shape index (κ1) is 22.8. The van der Waals surface area contributed by atoms with Gasteiger partial charge in [0.1, 0.15) is 0 Å². The lowest BCUT2D eigenvalue weighted by Crippen LogP contribution is -2.49. The summed E-state index contributed by atoms with van der Waals surface area (Å²) in [6.45, 7) is 1.09. The number of nitrogens with two attached hydrogens (primary N) is 1. The highest BCUT2D eigenvalue weighted by atomic mass is 32.2. The van der Waals surface area contributed by atoms with Gasteiger partial charge in [-0.15, -0.1) is 11.3 Å². The average Bonchev–Trinajstić information content (AvgIpc) is 3.16. The minimum atomic E-state index is -3.35. The van der Waals surface area contributed by atoms with Gasteiger partial charge in [-0.2, -0.15) is 0 Å². The van der Waals surface area contributed by atoms with Crippen molar-refractivity contribution >= 4 is 43.3 Å². The van der Waals surface area contributed by atoms with E-state index in [4.69, 9.17) is 5.73 Å². The van der Waals surface area contributed by atoms with Gasteiger partial charge in [0.2, 0.25) is 21.7 Å². The third-order valence-electron chi connectivity index (χ3n) is 5.31. The van der Waals surface area contributed by atoms with Crippen LogP contribution >= 0.6 is 11.3 Å². The second-order valence-corrected chi connectivity index (χ2v) is 10.7. The van der Waals surface area contributed by atoms with Gasteiger partial charge in [0.25, 0.3) is 0 Å². The Morgan fingerprint density at radius 3 is 2.80 bits per heavy atom. The first-order valence-corrected chi connectivity index (χ1v) is 12.8. The number of nitrogens with zero attached hydrogens (tertiary/aromatic N) is 2. The summed E-state index contributed by atoms with van der Waals surface area (Å²) in [6.07, 6.45) is 4.31. The molecule has 30 heavy (non-hydrogen) atoms. The number of aromatic nitrogens is 1. The predicted molar refractivity (Wildman–Crippen MR) is 118 cm³/mol. The second-order valence-electron chi connectivity index (χ2n) is 7.66. The molecule has 2 heterocycles. The Labute approximate surface area is 180 Å². The van der Waals surface area contributed by atoms with Crippen molar-refractivity contribution in [3.8, 4) is 0 Å². The van der Waals surface area contributed by atoms with Crippen LogP contribution in [0.4, 0.5) is 0 Å². The number of hydrogen-bond donors (Lipinski definition) is 2. The van der Waals surface area contributed by atoms with Crippen LogP contribution in [0.1, 0.15) is 41.9 Å². The van der Waals surface area contributed by atoms with Crippen molar-refractivity contribution < 1.29 is 18.0 Å². The van der Waals surface area contributed by atoms with E-state index in [0.717, 1.165) is 22.9 Å². The van der Waals surface area contributed by atoms with Crippen LogP contribution in [0.25, 0.3) is 10.2 Å². The topological polar surface area (TPSA) is 122 Å². The minimum Gasteiger partial charge on any atom is -0.346 e. The Kier molecular flexibility index (Phi) is 7.56. The number of sulfonamides is 1. The monoisotopic (exact) mass is 452 g/mol. The molecule has 0 unspecified atom stereocenters. The minimum absolute atomic E-state index is 0.148. The van der Waals surface area contributed by atoms with Gasteiger partial charge >= 0.3 is 0 Å². The molecule has 8 nitrogen and oxygen atoms in total. The van der Waals surface area contributed by atoms with E-state index < -0.39 is 22.0 Å². The van der Waals surface area contributed by atoms with Crippen LogP contribution < -0.4 is 11.1 Å². The van der Waals surface area contributed by atoms with Gasteiger partial charge in [-0.05, 0) is 50.8 Å². The number of carbonyl (C=O) groups is 2. The van der Waals surface area contributed by atoms with Gasteiger partial charge in [-0.25, -0.2) is 17.7 Å². The van der Waals surface area contributed by atoms with E-state index in [1.54, 1.807) is 0 Å². The maximum absolute atomic E-state index is 13.1. The van der Waals surface area contributed by atoms with Gasteiger partial charge in [-0.1, -0.05) is 12.1 Å². The first-order chi connectivity index (χ1) is 14.3. The molecular formula is C20H28N4O4S2. The number of fused-ring (bicyclic) bond motifs is 1. The summed E-state index contributed by atoms with van der Waals surface area (Å²) in [6, 6.07) is 6.83. The fraction of sp³-hybridized carbons (Fsp3) is 0.550. The molecule has 2 atom stereocenters. The molecule has 1 aromatic carbocycles. The number of unbranched alkanes of at least 4 members (excludes halogenated alkanes) is 1. The van der Waals surface area contributed by atoms with Crippen molar-refractivity contribution in [3.63, 3.8) is 0 Å². The SMILES string of the molecule is CS(=O)(=O)N1CCC[C@@H](C(=O)N[C@H](CCCCN)C(=O)c2nc3ccccc3s2)C1. The standard InChI is InChI=1S/C20H28N4O4S2/c1-30(27,28)24-12-6-7-14(13-24)19(26)22-16(9-4-5-11-21)18(25)20-23-15-8-2-3-10-17(15)29-20/h2-3,8,10,14,16H,4-7,9,11-13,21H2,1H3,(H,22,26)/t14-,16-/m1/s1. The number of benzene rings is 1. The number of carbonyl (C=O) groups excluding carboxylic acids is 2. The largest absolute Gasteiger partial charge is 0.346 e. The van der Waals surface area contributed by atoms with Gasteiger partial charge in [0.05, 0.1) is 28.4 Å². The average molecular weight is 453 g/mol. The normalized spacial score (nSPS) is 18.9. The zero-order valence-electron chi connectivity index (χ0n) is 17.0. The van der Waals surface area contributed by atoms with Crippen molar-refractivity contribution in [2.75, 3.05) is 25.9 Å². The summed E-state index contributed by atoms with van der Waals surface area (Å²) in [5.41, 5.74) is 6.34. The van der Waals surface area contributed by atoms with Crippen LogP contribution in [-0.4, -0.2) is 61.3 Å². The summed E-state index contributed by atoms with van der Waals surface area (Å²) >= 11 is 1.32. The Bertz CT molecular complexity index is 972. The molecule has 10 heteroatoms. The molecule has 1 aromatic heterocycles. The Hall–Kier alpha value is -1.88. The number of Topliss-reactive ketones (excluding diaryl/α,β-unsaturated/α-hetero) is 1. The molecule has 0 saturated carbocycles. The molecule has 1 aliphatic rings. The van der Waals surface area contributed by atoms with Crippen LogP contribution in [0.5, 0.6) is 0 Å². The lowest BCUT2D eigenvalue weighted by molar-refractivity contribution is -0.126. The molecule has 1 fully saturated rings. The van der Waals surface area contributed by atoms with E-state index in [2.05, 4.69) is 10.3 Å². The highest BCUT2D eigenvalue weighted by Gasteiger charge is 2.33. The number of rotatable bonds is 9. The number of thiazole rings is 1. The summed E-state index contributed by atoms with van der Waals surface area (Å²) in [5, 5.41) is 3.25. The molecule has 0 spiro atoms. The zero-order chi connectivity index (χ0) is 21.7. The molecular weight excluding hydrogens is 424 g/mol. The van der Waals surface area contributed by atoms with Gasteiger partial charge < -0.3 is 11.1 Å². The number of hydrogen-bond acceptors (Lipinski definition) is 7. The maximum atomic E-state index is 13.1. The predicted octanol–water partition coefficient (Wildman–Crippen LogP) is 1.76. The van der Waals surface area contributed by atoms with Gasteiger partial charge in [-0.3, -0.25) is 9.59 Å². The van der Waals surface area contributed by atoms with Crippen LogP contribution in [0.3, 0.4) is 0 Å². The van der Waals surface area contributed by atoms with Crippen LogP contribution in [-0.2, 0) is 14.8 Å². The molecule has 0 radical (unpaired) electrons. The van der Waals surface area contributed by atoms with Crippen molar-refractivity contribution in [1.29, 1.82) is 0 Å². The zero-order valence-corrected chi connectivity index (χ0v) is 18.7. The molecule has 2 aromatic rings. The fourth-order valence-corrected chi connectivity index (χ4v) is 5.51. The molecule has 3 rings (SSSR count). The van der Waals surface area contributed by atoms with E-state index in [-0.39, 0.29) is 18.2 Å². The summed E-state index contributed by atoms with van der Waals surface area (Å²) in [7, 11) is -3.35. The quantitative estimate of drug-likeness (QED) is 0.442. The molecule has 1 aliphatic heterocycles. The Balaban J connectivity index is 1.74. The number of piperidine rings is 1. The number of ketones is 1. The third kappa shape index (κ3) is 5.63. The highest BCUT2D eigenvalue weighted by molar-refractivity contribution is 7.88. The van der Waals surface area contributed by atoms with E-state index in [1.807, 2.05) is 24.3 Å². The smallest absolute Gasteiger partial charge is 0.225 e. The molecule has 1 saturated heterocycles. The van der Waals surface area contributed by atoms with Crippen LogP contribution in [0.15, 0.2) is 24.3 Å². The van der Waals surface area contributed by atoms with Crippen molar-refractivity contribution in [1.82, 2.24) is 14.6 Å². The number of para-hydroxylation sites is 1. The number of amides is 1. The van der Waals surface area contributed by atoms with E-state index in [0.29, 0.717) is 43.8 Å². The Morgan fingerprint density at radius 2 is 2.10 bits per heavy atom. The first-order valence-electron chi connectivity index (χ1n) is 10.1. The summed E-state index contributed by atoms with van der Waals surface area (Å²) in [5.74, 6) is -0.957. The maximum Gasteiger partial charge on any atom is 0.225 e. The van der Waals surface area contributed by atoms with Gasteiger partial charge in [0, 0.05) is 13.1 Å². The lowest BCUT2D eigenvalue weighted by Gasteiger charge is -2.31. The van der Waals surface area contributed by atoms with Gasteiger partial charge in [0.15, 0.2) is 5.01 Å².